The molecule has 0 atom stereocenters. The Morgan fingerprint density at radius 3 is 2.65 bits per heavy atom. The smallest absolute Gasteiger partial charge is 0.120 e. The summed E-state index contributed by atoms with van der Waals surface area (Å²) in [6.07, 6.45) is 0. The van der Waals surface area contributed by atoms with Crippen LogP contribution in [0.5, 0.6) is 5.75 Å². The molecule has 0 bridgehead atoms. The van der Waals surface area contributed by atoms with E-state index in [1.165, 1.54) is 11.1 Å². The summed E-state index contributed by atoms with van der Waals surface area (Å²) in [6.45, 7) is 3.23. The first kappa shape index (κ1) is 11.7. The fraction of sp³-hybridized carbons (Fsp3) is 0.200. The van der Waals surface area contributed by atoms with Gasteiger partial charge >= 0.3 is 0 Å². The van der Waals surface area contributed by atoms with Crippen molar-refractivity contribution in [2.75, 3.05) is 0 Å². The molecule has 2 N–H and O–H groups in total. The van der Waals surface area contributed by atoms with Crippen molar-refractivity contribution in [3.63, 3.8) is 0 Å². The highest BCUT2D eigenvalue weighted by atomic mass is 16.5. The van der Waals surface area contributed by atoms with Crippen molar-refractivity contribution in [3.05, 3.63) is 65.2 Å². The Morgan fingerprint density at radius 2 is 1.88 bits per heavy atom. The lowest BCUT2D eigenvalue weighted by Crippen LogP contribution is -1.99. The number of benzene rings is 2. The molecule has 0 aliphatic carbocycles. The molecule has 0 spiro atoms. The Labute approximate surface area is 102 Å². The zero-order chi connectivity index (χ0) is 12.1. The molecule has 0 aliphatic rings. The van der Waals surface area contributed by atoms with E-state index in [1.54, 1.807) is 0 Å². The van der Waals surface area contributed by atoms with Crippen molar-refractivity contribution in [1.82, 2.24) is 0 Å². The molecule has 0 heterocycles. The van der Waals surface area contributed by atoms with Gasteiger partial charge in [-0.3, -0.25) is 0 Å². The van der Waals surface area contributed by atoms with Crippen LogP contribution in [-0.4, -0.2) is 0 Å². The van der Waals surface area contributed by atoms with Crippen LogP contribution < -0.4 is 10.5 Å². The van der Waals surface area contributed by atoms with Crippen molar-refractivity contribution in [2.45, 2.75) is 20.1 Å². The fourth-order valence-electron chi connectivity index (χ4n) is 1.70. The molecule has 0 fully saturated rings. The van der Waals surface area contributed by atoms with Gasteiger partial charge in [0, 0.05) is 6.54 Å². The Balaban J connectivity index is 2.05. The van der Waals surface area contributed by atoms with Gasteiger partial charge in [0.25, 0.3) is 0 Å². The second-order valence-electron chi connectivity index (χ2n) is 4.07. The minimum absolute atomic E-state index is 0.543. The van der Waals surface area contributed by atoms with Gasteiger partial charge in [0.2, 0.25) is 0 Å². The molecule has 0 amide bonds. The predicted molar refractivity (Wildman–Crippen MR) is 69.8 cm³/mol. The second-order valence-corrected chi connectivity index (χ2v) is 4.07. The third kappa shape index (κ3) is 3.08. The molecule has 17 heavy (non-hydrogen) atoms. The standard InChI is InChI=1S/C15H17NO/c1-12-5-2-3-7-14(12)11-17-15-8-4-6-13(9-15)10-16/h2-9H,10-11,16H2,1H3. The molecular weight excluding hydrogens is 210 g/mol. The van der Waals surface area contributed by atoms with Crippen molar-refractivity contribution < 1.29 is 4.74 Å². The van der Waals surface area contributed by atoms with Gasteiger partial charge in [0.1, 0.15) is 12.4 Å². The van der Waals surface area contributed by atoms with E-state index in [9.17, 15) is 0 Å². The molecule has 2 aromatic rings. The highest BCUT2D eigenvalue weighted by Crippen LogP contribution is 2.16. The minimum Gasteiger partial charge on any atom is -0.489 e. The quantitative estimate of drug-likeness (QED) is 0.871. The van der Waals surface area contributed by atoms with E-state index in [4.69, 9.17) is 10.5 Å². The first-order valence-corrected chi connectivity index (χ1v) is 5.76. The van der Waals surface area contributed by atoms with Crippen LogP contribution in [0.15, 0.2) is 48.5 Å². The van der Waals surface area contributed by atoms with Gasteiger partial charge < -0.3 is 10.5 Å². The van der Waals surface area contributed by atoms with Crippen LogP contribution in [0.3, 0.4) is 0 Å². The molecule has 2 heteroatoms. The Morgan fingerprint density at radius 1 is 1.06 bits per heavy atom. The van der Waals surface area contributed by atoms with Crippen molar-refractivity contribution in [3.8, 4) is 5.75 Å². The lowest BCUT2D eigenvalue weighted by atomic mass is 10.1. The number of aryl methyl sites for hydroxylation is 1. The first-order valence-electron chi connectivity index (χ1n) is 5.76. The molecule has 0 aromatic heterocycles. The van der Waals surface area contributed by atoms with Gasteiger partial charge in [0.15, 0.2) is 0 Å². The van der Waals surface area contributed by atoms with Crippen LogP contribution in [0.25, 0.3) is 0 Å². The van der Waals surface area contributed by atoms with Gasteiger partial charge in [-0.15, -0.1) is 0 Å². The maximum Gasteiger partial charge on any atom is 0.120 e. The third-order valence-electron chi connectivity index (χ3n) is 2.79. The number of rotatable bonds is 4. The number of hydrogen-bond acceptors (Lipinski definition) is 2. The largest absolute Gasteiger partial charge is 0.489 e. The molecular formula is C15H17NO. The fourth-order valence-corrected chi connectivity index (χ4v) is 1.70. The minimum atomic E-state index is 0.543. The summed E-state index contributed by atoms with van der Waals surface area (Å²) in [5, 5.41) is 0. The molecule has 0 saturated heterocycles. The topological polar surface area (TPSA) is 35.2 Å². The maximum absolute atomic E-state index is 5.76. The Bertz CT molecular complexity index is 494. The van der Waals surface area contributed by atoms with Crippen LogP contribution in [0, 0.1) is 6.92 Å². The number of ether oxygens (including phenoxy) is 1. The van der Waals surface area contributed by atoms with Gasteiger partial charge in [-0.05, 0) is 35.7 Å². The molecule has 0 radical (unpaired) electrons. The van der Waals surface area contributed by atoms with Crippen LogP contribution in [-0.2, 0) is 13.2 Å². The maximum atomic E-state index is 5.76. The summed E-state index contributed by atoms with van der Waals surface area (Å²) >= 11 is 0. The molecule has 88 valence electrons. The Kier molecular flexibility index (Phi) is 3.78. The highest BCUT2D eigenvalue weighted by molar-refractivity contribution is 5.30. The van der Waals surface area contributed by atoms with Gasteiger partial charge in [0.05, 0.1) is 0 Å². The summed E-state index contributed by atoms with van der Waals surface area (Å²) in [6, 6.07) is 16.2. The average molecular weight is 227 g/mol. The first-order chi connectivity index (χ1) is 8.29. The van der Waals surface area contributed by atoms with E-state index in [0.29, 0.717) is 13.2 Å². The van der Waals surface area contributed by atoms with E-state index in [-0.39, 0.29) is 0 Å². The summed E-state index contributed by atoms with van der Waals surface area (Å²) in [5.41, 5.74) is 9.15. The van der Waals surface area contributed by atoms with Crippen LogP contribution >= 0.6 is 0 Å². The third-order valence-corrected chi connectivity index (χ3v) is 2.79. The molecule has 2 aromatic carbocycles. The van der Waals surface area contributed by atoms with Crippen molar-refractivity contribution in [2.24, 2.45) is 5.73 Å². The van der Waals surface area contributed by atoms with Gasteiger partial charge in [-0.1, -0.05) is 36.4 Å². The van der Waals surface area contributed by atoms with E-state index in [1.807, 2.05) is 36.4 Å². The zero-order valence-corrected chi connectivity index (χ0v) is 10.0. The lowest BCUT2D eigenvalue weighted by Gasteiger charge is -2.09. The number of nitrogens with two attached hydrogens (primary N) is 1. The summed E-state index contributed by atoms with van der Waals surface area (Å²) in [7, 11) is 0. The Hall–Kier alpha value is -1.80. The molecule has 0 unspecified atom stereocenters. The van der Waals surface area contributed by atoms with E-state index < -0.39 is 0 Å². The van der Waals surface area contributed by atoms with Gasteiger partial charge in [-0.25, -0.2) is 0 Å². The summed E-state index contributed by atoms with van der Waals surface area (Å²) in [4.78, 5) is 0. The van der Waals surface area contributed by atoms with E-state index >= 15 is 0 Å². The molecule has 2 nitrogen and oxygen atoms in total. The predicted octanol–water partition coefficient (Wildman–Crippen LogP) is 3.03. The van der Waals surface area contributed by atoms with E-state index in [2.05, 4.69) is 19.1 Å². The molecule has 0 saturated carbocycles. The average Bonchev–Trinajstić information content (AvgIpc) is 2.38. The van der Waals surface area contributed by atoms with Gasteiger partial charge in [-0.2, -0.15) is 0 Å². The van der Waals surface area contributed by atoms with Crippen LogP contribution in [0.2, 0.25) is 0 Å². The zero-order valence-electron chi connectivity index (χ0n) is 10.0. The monoisotopic (exact) mass is 227 g/mol. The van der Waals surface area contributed by atoms with E-state index in [0.717, 1.165) is 11.3 Å². The summed E-state index contributed by atoms with van der Waals surface area (Å²) < 4.78 is 5.76. The van der Waals surface area contributed by atoms with Crippen molar-refractivity contribution in [1.29, 1.82) is 0 Å². The molecule has 2 rings (SSSR count). The second kappa shape index (κ2) is 5.51. The molecule has 0 aliphatic heterocycles. The highest BCUT2D eigenvalue weighted by Gasteiger charge is 1.99. The SMILES string of the molecule is Cc1ccccc1COc1cccc(CN)c1. The lowest BCUT2D eigenvalue weighted by molar-refractivity contribution is 0.305. The van der Waals surface area contributed by atoms with Crippen molar-refractivity contribution >= 4 is 0 Å². The summed E-state index contributed by atoms with van der Waals surface area (Å²) in [5.74, 6) is 0.871. The number of hydrogen-bond donors (Lipinski definition) is 1. The van der Waals surface area contributed by atoms with Crippen LogP contribution in [0.4, 0.5) is 0 Å². The normalized spacial score (nSPS) is 10.2. The van der Waals surface area contributed by atoms with Crippen LogP contribution in [0.1, 0.15) is 16.7 Å².